The number of morpholine rings is 1. The molecule has 1 N–H and O–H groups in total. The maximum absolute atomic E-state index is 13.0. The Balaban J connectivity index is 1.70. The lowest BCUT2D eigenvalue weighted by Gasteiger charge is -2.26. The van der Waals surface area contributed by atoms with Gasteiger partial charge in [-0.25, -0.2) is 13.2 Å². The lowest BCUT2D eigenvalue weighted by atomic mass is 10.2. The molecule has 1 aliphatic heterocycles. The maximum Gasteiger partial charge on any atom is 0.338 e. The molecule has 172 valence electrons. The number of amides is 1. The number of thioether (sulfide) groups is 1. The molecule has 0 unspecified atom stereocenters. The molecule has 0 bridgehead atoms. The first-order chi connectivity index (χ1) is 15.3. The number of carbonyl (C=O) groups excluding carboxylic acids is 2. The van der Waals surface area contributed by atoms with E-state index in [1.54, 1.807) is 18.2 Å². The first-order valence-corrected chi connectivity index (χ1v) is 12.4. The van der Waals surface area contributed by atoms with Gasteiger partial charge in [0.05, 0.1) is 25.9 Å². The molecule has 0 atom stereocenters. The highest BCUT2D eigenvalue weighted by Crippen LogP contribution is 2.28. The molecule has 0 saturated carbocycles. The van der Waals surface area contributed by atoms with Crippen molar-refractivity contribution in [2.24, 2.45) is 0 Å². The van der Waals surface area contributed by atoms with Gasteiger partial charge < -0.3 is 19.5 Å². The fraction of sp³-hybridized carbons (Fsp3) is 0.333. The molecule has 0 spiro atoms. The van der Waals surface area contributed by atoms with Crippen molar-refractivity contribution in [1.29, 1.82) is 0 Å². The molecule has 32 heavy (non-hydrogen) atoms. The molecule has 0 radical (unpaired) electrons. The van der Waals surface area contributed by atoms with Gasteiger partial charge in [-0.3, -0.25) is 4.79 Å². The van der Waals surface area contributed by atoms with Gasteiger partial charge in [-0.05, 0) is 42.7 Å². The third-order valence-electron chi connectivity index (χ3n) is 4.68. The number of hydrogen-bond acceptors (Lipinski definition) is 8. The number of nitrogens with one attached hydrogen (secondary N) is 1. The van der Waals surface area contributed by atoms with Crippen LogP contribution in [0, 0.1) is 0 Å². The van der Waals surface area contributed by atoms with E-state index in [1.165, 1.54) is 41.4 Å². The maximum atomic E-state index is 13.0. The van der Waals surface area contributed by atoms with Crippen molar-refractivity contribution in [2.45, 2.75) is 9.79 Å². The summed E-state index contributed by atoms with van der Waals surface area (Å²) in [5.41, 5.74) is 0.580. The molecule has 11 heteroatoms. The standard InChI is InChI=1S/C21H24N2O7S2/c1-28-18-7-6-15(12-19(18)32(26,27)23-8-10-29-11-9-23)21(25)30-14-20(24)22-16-4-3-5-17(13-16)31-2/h3-7,12-13H,8-11,14H2,1-2H3,(H,22,24). The van der Waals surface area contributed by atoms with Crippen molar-refractivity contribution >= 4 is 39.3 Å². The average Bonchev–Trinajstić information content (AvgIpc) is 2.82. The van der Waals surface area contributed by atoms with Gasteiger partial charge >= 0.3 is 5.97 Å². The van der Waals surface area contributed by atoms with Crippen LogP contribution in [0.25, 0.3) is 0 Å². The molecule has 3 rings (SSSR count). The lowest BCUT2D eigenvalue weighted by Crippen LogP contribution is -2.40. The van der Waals surface area contributed by atoms with Crippen molar-refractivity contribution in [3.8, 4) is 5.75 Å². The van der Waals surface area contributed by atoms with Crippen LogP contribution in [0.4, 0.5) is 5.69 Å². The Morgan fingerprint density at radius 2 is 1.91 bits per heavy atom. The first kappa shape index (κ1) is 24.1. The SMILES string of the molecule is COc1ccc(C(=O)OCC(=O)Nc2cccc(SC)c2)cc1S(=O)(=O)N1CCOCC1. The summed E-state index contributed by atoms with van der Waals surface area (Å²) in [6.45, 7) is 0.479. The summed E-state index contributed by atoms with van der Waals surface area (Å²) in [4.78, 5) is 25.5. The van der Waals surface area contributed by atoms with E-state index in [0.717, 1.165) is 4.90 Å². The van der Waals surface area contributed by atoms with Gasteiger partial charge in [0.25, 0.3) is 5.91 Å². The van der Waals surface area contributed by atoms with Gasteiger partial charge in [-0.1, -0.05) is 6.07 Å². The number of methoxy groups -OCH3 is 1. The fourth-order valence-corrected chi connectivity index (χ4v) is 5.09. The van der Waals surface area contributed by atoms with Gasteiger partial charge in [-0.15, -0.1) is 11.8 Å². The second-order valence-corrected chi connectivity index (χ2v) is 9.52. The lowest BCUT2D eigenvalue weighted by molar-refractivity contribution is -0.119. The van der Waals surface area contributed by atoms with E-state index < -0.39 is 28.5 Å². The zero-order valence-electron chi connectivity index (χ0n) is 17.7. The van der Waals surface area contributed by atoms with E-state index in [-0.39, 0.29) is 42.5 Å². The Kier molecular flexibility index (Phi) is 8.13. The number of benzene rings is 2. The molecule has 9 nitrogen and oxygen atoms in total. The minimum atomic E-state index is -3.90. The Bertz CT molecular complexity index is 1080. The minimum Gasteiger partial charge on any atom is -0.495 e. The normalized spacial score (nSPS) is 14.6. The van der Waals surface area contributed by atoms with Crippen molar-refractivity contribution in [1.82, 2.24) is 4.31 Å². The van der Waals surface area contributed by atoms with Crippen molar-refractivity contribution in [2.75, 3.05) is 51.6 Å². The van der Waals surface area contributed by atoms with Crippen LogP contribution in [0.5, 0.6) is 5.75 Å². The van der Waals surface area contributed by atoms with Gasteiger partial charge in [0.1, 0.15) is 10.6 Å². The Morgan fingerprint density at radius 1 is 1.16 bits per heavy atom. The third-order valence-corrected chi connectivity index (χ3v) is 7.32. The quantitative estimate of drug-likeness (QED) is 0.452. The number of anilines is 1. The fourth-order valence-electron chi connectivity index (χ4n) is 3.04. The van der Waals surface area contributed by atoms with Gasteiger partial charge in [0.15, 0.2) is 6.61 Å². The van der Waals surface area contributed by atoms with Crippen LogP contribution >= 0.6 is 11.8 Å². The van der Waals surface area contributed by atoms with Crippen LogP contribution in [0.15, 0.2) is 52.3 Å². The number of sulfonamides is 1. The van der Waals surface area contributed by atoms with Crippen LogP contribution in [0.3, 0.4) is 0 Å². The molecular weight excluding hydrogens is 456 g/mol. The molecule has 1 heterocycles. The second kappa shape index (κ2) is 10.8. The number of ether oxygens (including phenoxy) is 3. The molecule has 1 aliphatic rings. The number of esters is 1. The highest BCUT2D eigenvalue weighted by molar-refractivity contribution is 7.98. The zero-order chi connectivity index (χ0) is 23.1. The molecule has 0 aliphatic carbocycles. The van der Waals surface area contributed by atoms with Crippen LogP contribution in [-0.4, -0.2) is 70.9 Å². The first-order valence-electron chi connectivity index (χ1n) is 9.72. The summed E-state index contributed by atoms with van der Waals surface area (Å²) >= 11 is 1.54. The summed E-state index contributed by atoms with van der Waals surface area (Å²) in [7, 11) is -2.55. The predicted molar refractivity (Wildman–Crippen MR) is 120 cm³/mol. The summed E-state index contributed by atoms with van der Waals surface area (Å²) < 4.78 is 42.8. The number of rotatable bonds is 8. The predicted octanol–water partition coefficient (Wildman–Crippen LogP) is 2.23. The summed E-state index contributed by atoms with van der Waals surface area (Å²) in [5, 5.41) is 2.66. The van der Waals surface area contributed by atoms with Crippen LogP contribution in [0.2, 0.25) is 0 Å². The van der Waals surface area contributed by atoms with E-state index in [9.17, 15) is 18.0 Å². The van der Waals surface area contributed by atoms with Crippen molar-refractivity contribution < 1.29 is 32.2 Å². The third kappa shape index (κ3) is 5.80. The topological polar surface area (TPSA) is 111 Å². The molecule has 1 amide bonds. The van der Waals surface area contributed by atoms with E-state index in [1.807, 2.05) is 12.3 Å². The Morgan fingerprint density at radius 3 is 2.59 bits per heavy atom. The molecule has 1 saturated heterocycles. The molecular formula is C21H24N2O7S2. The number of carbonyl (C=O) groups is 2. The van der Waals surface area contributed by atoms with Crippen LogP contribution in [-0.2, 0) is 24.3 Å². The van der Waals surface area contributed by atoms with E-state index in [2.05, 4.69) is 5.32 Å². The minimum absolute atomic E-state index is 0.00480. The van der Waals surface area contributed by atoms with Crippen LogP contribution in [0.1, 0.15) is 10.4 Å². The van der Waals surface area contributed by atoms with Gasteiger partial charge in [-0.2, -0.15) is 4.31 Å². The van der Waals surface area contributed by atoms with Crippen molar-refractivity contribution in [3.05, 3.63) is 48.0 Å². The van der Waals surface area contributed by atoms with Gasteiger partial charge in [0, 0.05) is 23.7 Å². The van der Waals surface area contributed by atoms with Gasteiger partial charge in [0.2, 0.25) is 10.0 Å². The second-order valence-electron chi connectivity index (χ2n) is 6.74. The van der Waals surface area contributed by atoms with Crippen LogP contribution < -0.4 is 10.1 Å². The largest absolute Gasteiger partial charge is 0.495 e. The summed E-state index contributed by atoms with van der Waals surface area (Å²) in [6.07, 6.45) is 1.92. The number of nitrogens with zero attached hydrogens (tertiary/aromatic N) is 1. The van der Waals surface area contributed by atoms with Crippen molar-refractivity contribution in [3.63, 3.8) is 0 Å². The molecule has 2 aromatic carbocycles. The highest BCUT2D eigenvalue weighted by atomic mass is 32.2. The summed E-state index contributed by atoms with van der Waals surface area (Å²) in [6, 6.07) is 11.2. The zero-order valence-corrected chi connectivity index (χ0v) is 19.3. The molecule has 2 aromatic rings. The summed E-state index contributed by atoms with van der Waals surface area (Å²) in [5.74, 6) is -1.22. The van der Waals surface area contributed by atoms with E-state index in [0.29, 0.717) is 5.69 Å². The molecule has 1 fully saturated rings. The van der Waals surface area contributed by atoms with E-state index in [4.69, 9.17) is 14.2 Å². The Hall–Kier alpha value is -2.60. The number of hydrogen-bond donors (Lipinski definition) is 1. The Labute approximate surface area is 191 Å². The smallest absolute Gasteiger partial charge is 0.338 e. The molecule has 0 aromatic heterocycles. The average molecular weight is 481 g/mol. The highest BCUT2D eigenvalue weighted by Gasteiger charge is 2.30. The monoisotopic (exact) mass is 480 g/mol. The van der Waals surface area contributed by atoms with E-state index >= 15 is 0 Å².